The van der Waals surface area contributed by atoms with E-state index in [0.29, 0.717) is 18.8 Å². The molecule has 0 spiro atoms. The lowest BCUT2D eigenvalue weighted by Gasteiger charge is -2.35. The first kappa shape index (κ1) is 20.7. The summed E-state index contributed by atoms with van der Waals surface area (Å²) in [5, 5.41) is 13.9. The number of nitrogens with zero attached hydrogens (tertiary/aromatic N) is 2. The van der Waals surface area contributed by atoms with E-state index in [-0.39, 0.29) is 29.1 Å². The Morgan fingerprint density at radius 2 is 1.75 bits per heavy atom. The fourth-order valence-corrected chi connectivity index (χ4v) is 5.69. The van der Waals surface area contributed by atoms with E-state index in [1.807, 2.05) is 0 Å². The third kappa shape index (κ3) is 4.52. The van der Waals surface area contributed by atoms with Crippen LogP contribution in [0.2, 0.25) is 0 Å². The van der Waals surface area contributed by atoms with Crippen molar-refractivity contribution in [1.82, 2.24) is 9.62 Å². The van der Waals surface area contributed by atoms with Crippen LogP contribution in [0.1, 0.15) is 51.9 Å². The van der Waals surface area contributed by atoms with Crippen molar-refractivity contribution >= 4 is 21.6 Å². The van der Waals surface area contributed by atoms with Crippen LogP contribution in [-0.4, -0.2) is 42.2 Å². The number of rotatable bonds is 5. The molecule has 154 valence electrons. The Hall–Kier alpha value is -2.00. The molecule has 1 atom stereocenters. The highest BCUT2D eigenvalue weighted by Gasteiger charge is 2.38. The average molecular weight is 410 g/mol. The van der Waals surface area contributed by atoms with Gasteiger partial charge in [-0.05, 0) is 56.6 Å². The lowest BCUT2D eigenvalue weighted by Crippen LogP contribution is -2.53. The summed E-state index contributed by atoms with van der Waals surface area (Å²) in [5.41, 5.74) is -0.168. The van der Waals surface area contributed by atoms with Gasteiger partial charge in [-0.25, -0.2) is 8.42 Å². The molecule has 28 heavy (non-hydrogen) atoms. The van der Waals surface area contributed by atoms with Gasteiger partial charge in [0.05, 0.1) is 9.82 Å². The minimum Gasteiger partial charge on any atom is -0.352 e. The van der Waals surface area contributed by atoms with E-state index >= 15 is 0 Å². The number of carbonyl (C=O) groups is 1. The number of benzene rings is 1. The van der Waals surface area contributed by atoms with E-state index in [9.17, 15) is 23.3 Å². The van der Waals surface area contributed by atoms with Crippen molar-refractivity contribution < 1.29 is 18.1 Å². The van der Waals surface area contributed by atoms with Gasteiger partial charge in [0, 0.05) is 24.7 Å². The molecular formula is C19H27N3O5S. The molecule has 1 aliphatic carbocycles. The van der Waals surface area contributed by atoms with Gasteiger partial charge >= 0.3 is 0 Å². The van der Waals surface area contributed by atoms with E-state index in [4.69, 9.17) is 0 Å². The number of hydrogen-bond donors (Lipinski definition) is 1. The van der Waals surface area contributed by atoms with Crippen molar-refractivity contribution in [1.29, 1.82) is 0 Å². The largest absolute Gasteiger partial charge is 0.352 e. The molecule has 9 heteroatoms. The van der Waals surface area contributed by atoms with Gasteiger partial charge in [0.25, 0.3) is 5.69 Å². The number of non-ortho nitro benzene ring substituents is 1. The van der Waals surface area contributed by atoms with Gasteiger partial charge in [0.15, 0.2) is 0 Å². The van der Waals surface area contributed by atoms with E-state index in [0.717, 1.165) is 32.1 Å². The molecule has 1 N–H and O–H groups in total. The van der Waals surface area contributed by atoms with Crippen LogP contribution in [0, 0.1) is 16.0 Å². The first-order valence-electron chi connectivity index (χ1n) is 9.85. The summed E-state index contributed by atoms with van der Waals surface area (Å²) < 4.78 is 27.5. The van der Waals surface area contributed by atoms with Crippen molar-refractivity contribution in [2.24, 2.45) is 5.92 Å². The third-order valence-electron chi connectivity index (χ3n) is 5.77. The van der Waals surface area contributed by atoms with E-state index in [1.54, 1.807) is 0 Å². The third-order valence-corrected chi connectivity index (χ3v) is 7.70. The molecule has 3 rings (SSSR count). The van der Waals surface area contributed by atoms with Crippen LogP contribution in [0.3, 0.4) is 0 Å². The van der Waals surface area contributed by atoms with Crippen LogP contribution in [-0.2, 0) is 14.8 Å². The first-order valence-corrected chi connectivity index (χ1v) is 11.3. The Bertz CT molecular complexity index is 816. The molecule has 0 radical (unpaired) electrons. The SMILES string of the molecule is CC1CCC(NC(=O)C2CCCCN2S(=O)(=O)c2ccc([N+](=O)[O-])cc2)CC1. The van der Waals surface area contributed by atoms with Gasteiger partial charge in [-0.1, -0.05) is 13.3 Å². The van der Waals surface area contributed by atoms with Gasteiger partial charge in [0.1, 0.15) is 6.04 Å². The van der Waals surface area contributed by atoms with Crippen LogP contribution in [0.4, 0.5) is 5.69 Å². The van der Waals surface area contributed by atoms with Crippen LogP contribution < -0.4 is 5.32 Å². The van der Waals surface area contributed by atoms with Crippen molar-refractivity contribution in [3.63, 3.8) is 0 Å². The number of piperidine rings is 1. The molecule has 1 heterocycles. The first-order chi connectivity index (χ1) is 13.3. The second-order valence-electron chi connectivity index (χ2n) is 7.84. The van der Waals surface area contributed by atoms with Crippen LogP contribution in [0.5, 0.6) is 0 Å². The summed E-state index contributed by atoms with van der Waals surface area (Å²) in [6, 6.07) is 4.20. The number of nitro benzene ring substituents is 1. The number of hydrogen-bond acceptors (Lipinski definition) is 5. The molecule has 1 saturated carbocycles. The van der Waals surface area contributed by atoms with Crippen LogP contribution in [0.25, 0.3) is 0 Å². The minimum absolute atomic E-state index is 0.0238. The smallest absolute Gasteiger partial charge is 0.269 e. The lowest BCUT2D eigenvalue weighted by atomic mass is 9.87. The van der Waals surface area contributed by atoms with Crippen molar-refractivity contribution in [2.75, 3.05) is 6.54 Å². The minimum atomic E-state index is -3.90. The summed E-state index contributed by atoms with van der Waals surface area (Å²) >= 11 is 0. The highest BCUT2D eigenvalue weighted by Crippen LogP contribution is 2.28. The summed E-state index contributed by atoms with van der Waals surface area (Å²) in [6.07, 6.45) is 5.97. The maximum Gasteiger partial charge on any atom is 0.269 e. The van der Waals surface area contributed by atoms with E-state index in [2.05, 4.69) is 12.2 Å². The number of nitrogens with one attached hydrogen (secondary N) is 1. The van der Waals surface area contributed by atoms with Gasteiger partial charge in [-0.3, -0.25) is 14.9 Å². The summed E-state index contributed by atoms with van der Waals surface area (Å²) in [7, 11) is -3.90. The van der Waals surface area contributed by atoms with Gasteiger partial charge in [0.2, 0.25) is 15.9 Å². The standard InChI is InChI=1S/C19H27N3O5S/c1-14-5-7-15(8-6-14)20-19(23)18-4-2-3-13-21(18)28(26,27)17-11-9-16(10-12-17)22(24)25/h9-12,14-15,18H,2-8,13H2,1H3,(H,20,23). The molecular weight excluding hydrogens is 382 g/mol. The summed E-state index contributed by atoms with van der Waals surface area (Å²) in [5.74, 6) is 0.437. The average Bonchev–Trinajstić information content (AvgIpc) is 2.69. The molecule has 8 nitrogen and oxygen atoms in total. The normalized spacial score (nSPS) is 26.5. The zero-order valence-electron chi connectivity index (χ0n) is 16.0. The highest BCUT2D eigenvalue weighted by atomic mass is 32.2. The van der Waals surface area contributed by atoms with E-state index in [1.165, 1.54) is 28.6 Å². The molecule has 0 aromatic heterocycles. The molecule has 1 amide bonds. The maximum absolute atomic E-state index is 13.1. The fourth-order valence-electron chi connectivity index (χ4n) is 4.03. The van der Waals surface area contributed by atoms with Crippen molar-refractivity contribution in [2.45, 2.75) is 68.8 Å². The monoisotopic (exact) mass is 409 g/mol. The highest BCUT2D eigenvalue weighted by molar-refractivity contribution is 7.89. The summed E-state index contributed by atoms with van der Waals surface area (Å²) in [4.78, 5) is 23.1. The van der Waals surface area contributed by atoms with Gasteiger partial charge < -0.3 is 5.32 Å². The van der Waals surface area contributed by atoms with Crippen molar-refractivity contribution in [3.8, 4) is 0 Å². The van der Waals surface area contributed by atoms with Crippen LogP contribution >= 0.6 is 0 Å². The number of amides is 1. The molecule has 1 aromatic carbocycles. The van der Waals surface area contributed by atoms with Crippen molar-refractivity contribution in [3.05, 3.63) is 34.4 Å². The zero-order valence-corrected chi connectivity index (χ0v) is 16.9. The molecule has 2 aliphatic rings. The molecule has 2 fully saturated rings. The molecule has 1 aliphatic heterocycles. The second kappa shape index (κ2) is 8.57. The molecule has 0 bridgehead atoms. The predicted molar refractivity (Wildman–Crippen MR) is 104 cm³/mol. The number of nitro groups is 1. The number of carbonyl (C=O) groups excluding carboxylic acids is 1. The molecule has 1 unspecified atom stereocenters. The maximum atomic E-state index is 13.1. The Morgan fingerprint density at radius 1 is 1.11 bits per heavy atom. The Balaban J connectivity index is 1.76. The zero-order chi connectivity index (χ0) is 20.3. The molecule has 1 aromatic rings. The summed E-state index contributed by atoms with van der Waals surface area (Å²) in [6.45, 7) is 2.48. The Labute approximate surface area is 165 Å². The number of sulfonamides is 1. The Morgan fingerprint density at radius 3 is 2.36 bits per heavy atom. The fraction of sp³-hybridized carbons (Fsp3) is 0.632. The predicted octanol–water partition coefficient (Wildman–Crippen LogP) is 2.83. The Kier molecular flexibility index (Phi) is 6.34. The second-order valence-corrected chi connectivity index (χ2v) is 9.73. The topological polar surface area (TPSA) is 110 Å². The lowest BCUT2D eigenvalue weighted by molar-refractivity contribution is -0.384. The van der Waals surface area contributed by atoms with Gasteiger partial charge in [-0.15, -0.1) is 0 Å². The van der Waals surface area contributed by atoms with Crippen LogP contribution in [0.15, 0.2) is 29.2 Å². The molecule has 1 saturated heterocycles. The van der Waals surface area contributed by atoms with Gasteiger partial charge in [-0.2, -0.15) is 4.31 Å². The van der Waals surface area contributed by atoms with E-state index < -0.39 is 21.0 Å². The quantitative estimate of drug-likeness (QED) is 0.594.